The highest BCUT2D eigenvalue weighted by Gasteiger charge is 2.43. The van der Waals surface area contributed by atoms with Crippen molar-refractivity contribution in [1.29, 1.82) is 0 Å². The number of halogens is 1. The maximum Gasteiger partial charge on any atom is 0.408 e. The quantitative estimate of drug-likeness (QED) is 0.521. The second kappa shape index (κ2) is 9.45. The molecule has 0 aliphatic carbocycles. The van der Waals surface area contributed by atoms with Crippen LogP contribution in [0.2, 0.25) is 5.02 Å². The smallest absolute Gasteiger partial charge is 0.408 e. The first-order valence-electron chi connectivity index (χ1n) is 11.4. The molecule has 0 bridgehead atoms. The SMILES string of the molecule is CC(C)CC(C)(COc1ccc(-c2ccnc3c2C(=O)N(C)C3)cc1Cl)N(C(=O)O)C(C)(C)C. The van der Waals surface area contributed by atoms with Crippen LogP contribution in [0, 0.1) is 5.92 Å². The monoisotopic (exact) mass is 487 g/mol. The van der Waals surface area contributed by atoms with Crippen molar-refractivity contribution in [3.63, 3.8) is 0 Å². The van der Waals surface area contributed by atoms with Crippen LogP contribution < -0.4 is 4.74 Å². The fourth-order valence-corrected chi connectivity index (χ4v) is 5.27. The Hall–Kier alpha value is -2.80. The number of amides is 2. The summed E-state index contributed by atoms with van der Waals surface area (Å²) in [7, 11) is 1.75. The summed E-state index contributed by atoms with van der Waals surface area (Å²) in [6.07, 6.45) is 1.34. The number of nitrogens with zero attached hydrogens (tertiary/aromatic N) is 3. The Morgan fingerprint density at radius 3 is 2.50 bits per heavy atom. The van der Waals surface area contributed by atoms with Crippen molar-refractivity contribution in [2.45, 2.75) is 65.6 Å². The molecule has 2 amide bonds. The fraction of sp³-hybridized carbons (Fsp3) is 0.500. The summed E-state index contributed by atoms with van der Waals surface area (Å²) in [5.41, 5.74) is 1.56. The van der Waals surface area contributed by atoms with Crippen LogP contribution in [0.1, 0.15) is 64.0 Å². The number of ether oxygens (including phenoxy) is 1. The molecule has 8 heteroatoms. The number of benzene rings is 1. The third-order valence-corrected chi connectivity index (χ3v) is 6.30. The molecule has 3 rings (SSSR count). The van der Waals surface area contributed by atoms with Crippen LogP contribution in [-0.4, -0.2) is 56.6 Å². The van der Waals surface area contributed by atoms with E-state index in [1.54, 1.807) is 30.3 Å². The van der Waals surface area contributed by atoms with Gasteiger partial charge in [-0.25, -0.2) is 4.79 Å². The van der Waals surface area contributed by atoms with Crippen LogP contribution in [0.5, 0.6) is 5.75 Å². The molecule has 1 aliphatic heterocycles. The zero-order valence-electron chi connectivity index (χ0n) is 21.0. The Morgan fingerprint density at radius 2 is 1.94 bits per heavy atom. The lowest BCUT2D eigenvalue weighted by Gasteiger charge is -2.47. The van der Waals surface area contributed by atoms with E-state index in [1.165, 1.54) is 4.90 Å². The fourth-order valence-electron chi connectivity index (χ4n) is 5.03. The molecule has 0 saturated carbocycles. The van der Waals surface area contributed by atoms with E-state index in [4.69, 9.17) is 16.3 Å². The van der Waals surface area contributed by atoms with E-state index in [0.717, 1.165) is 16.8 Å². The molecule has 0 radical (unpaired) electrons. The Bertz CT molecular complexity index is 1100. The zero-order valence-corrected chi connectivity index (χ0v) is 21.7. The first kappa shape index (κ1) is 25.8. The number of hydrogen-bond acceptors (Lipinski definition) is 4. The number of carboxylic acid groups (broad SMARTS) is 1. The number of fused-ring (bicyclic) bond motifs is 1. The Balaban J connectivity index is 1.90. The molecule has 1 aliphatic rings. The number of hydrogen-bond donors (Lipinski definition) is 1. The van der Waals surface area contributed by atoms with E-state index >= 15 is 0 Å². The Kier molecular flexibility index (Phi) is 7.18. The molecular weight excluding hydrogens is 454 g/mol. The van der Waals surface area contributed by atoms with E-state index in [9.17, 15) is 14.7 Å². The molecule has 1 aromatic carbocycles. The van der Waals surface area contributed by atoms with Gasteiger partial charge in [0.1, 0.15) is 12.4 Å². The number of carbonyl (C=O) groups excluding carboxylic acids is 1. The van der Waals surface area contributed by atoms with Gasteiger partial charge >= 0.3 is 6.09 Å². The molecule has 184 valence electrons. The maximum atomic E-state index is 12.6. The van der Waals surface area contributed by atoms with Crippen molar-refractivity contribution in [3.05, 3.63) is 46.7 Å². The summed E-state index contributed by atoms with van der Waals surface area (Å²) < 4.78 is 6.13. The van der Waals surface area contributed by atoms with E-state index in [1.807, 2.05) is 39.8 Å². The molecule has 1 aromatic heterocycles. The predicted octanol–water partition coefficient (Wildman–Crippen LogP) is 5.95. The molecule has 34 heavy (non-hydrogen) atoms. The van der Waals surface area contributed by atoms with E-state index in [-0.39, 0.29) is 18.4 Å². The molecule has 1 N–H and O–H groups in total. The zero-order chi connectivity index (χ0) is 25.4. The van der Waals surface area contributed by atoms with Crippen LogP contribution in [0.4, 0.5) is 4.79 Å². The molecule has 2 heterocycles. The van der Waals surface area contributed by atoms with E-state index in [2.05, 4.69) is 18.8 Å². The molecule has 1 atom stereocenters. The topological polar surface area (TPSA) is 83.0 Å². The summed E-state index contributed by atoms with van der Waals surface area (Å²) in [5.74, 6) is 0.670. The first-order chi connectivity index (χ1) is 15.7. The highest BCUT2D eigenvalue weighted by Crippen LogP contribution is 2.37. The number of aromatic nitrogens is 1. The van der Waals surface area contributed by atoms with Gasteiger partial charge in [-0.05, 0) is 69.4 Å². The van der Waals surface area contributed by atoms with Crippen molar-refractivity contribution in [2.75, 3.05) is 13.7 Å². The van der Waals surface area contributed by atoms with Gasteiger partial charge in [0.05, 0.1) is 28.4 Å². The number of carbonyl (C=O) groups is 2. The molecule has 7 nitrogen and oxygen atoms in total. The Labute approximate surface area is 206 Å². The van der Waals surface area contributed by atoms with Crippen molar-refractivity contribution < 1.29 is 19.4 Å². The molecule has 0 fully saturated rings. The van der Waals surface area contributed by atoms with Crippen LogP contribution in [0.15, 0.2) is 30.5 Å². The van der Waals surface area contributed by atoms with Crippen LogP contribution in [-0.2, 0) is 6.54 Å². The molecule has 2 aromatic rings. The normalized spacial score (nSPS) is 15.3. The van der Waals surface area contributed by atoms with Gasteiger partial charge < -0.3 is 14.7 Å². The van der Waals surface area contributed by atoms with Gasteiger partial charge in [-0.1, -0.05) is 31.5 Å². The summed E-state index contributed by atoms with van der Waals surface area (Å²) in [4.78, 5) is 32.3. The van der Waals surface area contributed by atoms with Gasteiger partial charge in [0, 0.05) is 18.8 Å². The van der Waals surface area contributed by atoms with Gasteiger partial charge in [0.25, 0.3) is 5.91 Å². The van der Waals surface area contributed by atoms with Crippen molar-refractivity contribution in [3.8, 4) is 16.9 Å². The van der Waals surface area contributed by atoms with E-state index in [0.29, 0.717) is 29.3 Å². The number of pyridine rings is 1. The van der Waals surface area contributed by atoms with Gasteiger partial charge in [-0.15, -0.1) is 0 Å². The maximum absolute atomic E-state index is 12.6. The average molecular weight is 488 g/mol. The van der Waals surface area contributed by atoms with Gasteiger partial charge in [0.15, 0.2) is 0 Å². The standard InChI is InChI=1S/C26H34ClN3O4/c1-16(2)13-26(6,30(24(32)33)25(3,4)5)15-34-21-9-8-17(12-19(21)27)18-10-11-28-20-14-29(7)23(31)22(18)20/h8-12,16H,13-15H2,1-7H3,(H,32,33). The highest BCUT2D eigenvalue weighted by atomic mass is 35.5. The third kappa shape index (κ3) is 5.14. The molecule has 0 saturated heterocycles. The predicted molar refractivity (Wildman–Crippen MR) is 133 cm³/mol. The molecular formula is C26H34ClN3O4. The lowest BCUT2D eigenvalue weighted by Crippen LogP contribution is -2.61. The Morgan fingerprint density at radius 1 is 1.26 bits per heavy atom. The van der Waals surface area contributed by atoms with Crippen LogP contribution in [0.3, 0.4) is 0 Å². The largest absolute Gasteiger partial charge is 0.490 e. The lowest BCUT2D eigenvalue weighted by atomic mass is 9.86. The first-order valence-corrected chi connectivity index (χ1v) is 11.8. The van der Waals surface area contributed by atoms with Gasteiger partial charge in [-0.2, -0.15) is 0 Å². The van der Waals surface area contributed by atoms with E-state index < -0.39 is 17.2 Å². The molecule has 1 unspecified atom stereocenters. The average Bonchev–Trinajstić information content (AvgIpc) is 2.99. The van der Waals surface area contributed by atoms with Crippen LogP contribution >= 0.6 is 11.6 Å². The van der Waals surface area contributed by atoms with Crippen LogP contribution in [0.25, 0.3) is 11.1 Å². The summed E-state index contributed by atoms with van der Waals surface area (Å²) >= 11 is 6.60. The number of rotatable bonds is 7. The third-order valence-electron chi connectivity index (χ3n) is 6.01. The summed E-state index contributed by atoms with van der Waals surface area (Å²) in [5, 5.41) is 10.4. The van der Waals surface area contributed by atoms with Crippen molar-refractivity contribution in [2.24, 2.45) is 5.92 Å². The minimum atomic E-state index is -0.984. The van der Waals surface area contributed by atoms with Crippen molar-refractivity contribution >= 4 is 23.6 Å². The second-order valence-electron chi connectivity index (χ2n) is 10.7. The summed E-state index contributed by atoms with van der Waals surface area (Å²) in [6, 6.07) is 7.22. The molecule has 0 spiro atoms. The van der Waals surface area contributed by atoms with Gasteiger partial charge in [0.2, 0.25) is 0 Å². The minimum absolute atomic E-state index is 0.0602. The van der Waals surface area contributed by atoms with Crippen molar-refractivity contribution in [1.82, 2.24) is 14.8 Å². The lowest BCUT2D eigenvalue weighted by molar-refractivity contribution is -0.0108. The van der Waals surface area contributed by atoms with Gasteiger partial charge in [-0.3, -0.25) is 14.7 Å². The minimum Gasteiger partial charge on any atom is -0.490 e. The highest BCUT2D eigenvalue weighted by molar-refractivity contribution is 6.32. The summed E-state index contributed by atoms with van der Waals surface area (Å²) in [6.45, 7) is 12.3. The second-order valence-corrected chi connectivity index (χ2v) is 11.1.